The van der Waals surface area contributed by atoms with Crippen molar-refractivity contribution in [2.45, 2.75) is 13.0 Å². The van der Waals surface area contributed by atoms with Gasteiger partial charge in [-0.15, -0.1) is 0 Å². The maximum absolute atomic E-state index is 12.1. The third kappa shape index (κ3) is 3.82. The molecule has 114 valence electrons. The number of para-hydroxylation sites is 3. The summed E-state index contributed by atoms with van der Waals surface area (Å²) in [5.74, 6) is -0.340. The molecule has 0 aliphatic rings. The molecule has 0 aromatic heterocycles. The van der Waals surface area contributed by atoms with Crippen LogP contribution in [0.25, 0.3) is 0 Å². The number of carbonyl (C=O) groups excluding carboxylic acids is 1. The number of nitrogens with one attached hydrogen (secondary N) is 1. The second kappa shape index (κ2) is 7.04. The van der Waals surface area contributed by atoms with Crippen LogP contribution in [0, 0.1) is 10.1 Å². The molecule has 1 atom stereocenters. The fraction of sp³-hybridized carbons (Fsp3) is 0.133. The lowest BCUT2D eigenvalue weighted by Crippen LogP contribution is -2.30. The van der Waals surface area contributed by atoms with Gasteiger partial charge in [-0.3, -0.25) is 14.9 Å². The quantitative estimate of drug-likeness (QED) is 0.646. The van der Waals surface area contributed by atoms with Crippen LogP contribution in [0.4, 0.5) is 11.4 Å². The summed E-state index contributed by atoms with van der Waals surface area (Å²) in [7, 11) is 0. The van der Waals surface area contributed by atoms with E-state index in [4.69, 9.17) is 4.74 Å². The van der Waals surface area contributed by atoms with E-state index in [-0.39, 0.29) is 11.4 Å². The van der Waals surface area contributed by atoms with Crippen LogP contribution in [-0.2, 0) is 4.79 Å². The van der Waals surface area contributed by atoms with Crippen molar-refractivity contribution < 1.29 is 14.5 Å². The molecule has 1 N–H and O–H groups in total. The first-order chi connectivity index (χ1) is 10.5. The number of ether oxygens (including phenoxy) is 1. The van der Waals surface area contributed by atoms with E-state index in [1.807, 2.05) is 6.07 Å². The summed E-state index contributed by atoms with van der Waals surface area (Å²) in [5, 5.41) is 13.6. The Morgan fingerprint density at radius 3 is 2.55 bits per heavy atom. The summed E-state index contributed by atoms with van der Waals surface area (Å²) in [6.07, 6.45) is -0.881. The van der Waals surface area contributed by atoms with Crippen molar-refractivity contribution >= 4 is 33.2 Å². The van der Waals surface area contributed by atoms with Gasteiger partial charge in [0.1, 0.15) is 0 Å². The van der Waals surface area contributed by atoms with E-state index >= 15 is 0 Å². The number of halogens is 1. The maximum atomic E-state index is 12.1. The van der Waals surface area contributed by atoms with E-state index < -0.39 is 16.9 Å². The van der Waals surface area contributed by atoms with E-state index in [0.717, 1.165) is 4.47 Å². The van der Waals surface area contributed by atoms with Crippen LogP contribution in [0.3, 0.4) is 0 Å². The molecule has 0 fully saturated rings. The summed E-state index contributed by atoms with van der Waals surface area (Å²) in [6, 6.07) is 13.1. The average molecular weight is 365 g/mol. The summed E-state index contributed by atoms with van der Waals surface area (Å²) < 4.78 is 6.15. The molecule has 2 rings (SSSR count). The first kappa shape index (κ1) is 16.0. The smallest absolute Gasteiger partial charge is 0.310 e. The number of nitro benzene ring substituents is 1. The normalized spacial score (nSPS) is 11.5. The molecule has 7 heteroatoms. The van der Waals surface area contributed by atoms with E-state index in [1.165, 1.54) is 25.1 Å². The molecule has 0 aliphatic heterocycles. The van der Waals surface area contributed by atoms with Crippen molar-refractivity contribution in [2.75, 3.05) is 5.32 Å². The van der Waals surface area contributed by atoms with E-state index in [1.54, 1.807) is 24.3 Å². The minimum absolute atomic E-state index is 0.0577. The fourth-order valence-electron chi connectivity index (χ4n) is 1.75. The summed E-state index contributed by atoms with van der Waals surface area (Å²) >= 11 is 3.33. The largest absolute Gasteiger partial charge is 0.474 e. The van der Waals surface area contributed by atoms with Crippen molar-refractivity contribution in [1.29, 1.82) is 0 Å². The summed E-state index contributed by atoms with van der Waals surface area (Å²) in [6.45, 7) is 1.53. The zero-order valence-electron chi connectivity index (χ0n) is 11.7. The molecule has 0 heterocycles. The summed E-state index contributed by atoms with van der Waals surface area (Å²) in [5.41, 5.74) is 0.425. The number of hydrogen-bond donors (Lipinski definition) is 1. The lowest BCUT2D eigenvalue weighted by atomic mass is 10.2. The number of nitrogens with zero attached hydrogens (tertiary/aromatic N) is 1. The van der Waals surface area contributed by atoms with E-state index in [9.17, 15) is 14.9 Å². The predicted octanol–water partition coefficient (Wildman–Crippen LogP) is 3.76. The first-order valence-corrected chi connectivity index (χ1v) is 7.24. The first-order valence-electron chi connectivity index (χ1n) is 6.44. The highest BCUT2D eigenvalue weighted by molar-refractivity contribution is 9.10. The maximum Gasteiger partial charge on any atom is 0.310 e. The van der Waals surface area contributed by atoms with Crippen molar-refractivity contribution in [3.8, 4) is 5.75 Å². The Bertz CT molecular complexity index is 705. The Balaban J connectivity index is 2.09. The second-order valence-corrected chi connectivity index (χ2v) is 5.31. The Labute approximate surface area is 135 Å². The van der Waals surface area contributed by atoms with Crippen molar-refractivity contribution in [2.24, 2.45) is 0 Å². The van der Waals surface area contributed by atoms with Gasteiger partial charge >= 0.3 is 5.69 Å². The van der Waals surface area contributed by atoms with Gasteiger partial charge in [0.15, 0.2) is 11.9 Å². The standard InChI is InChI=1S/C15H13BrN2O4/c1-10(15(19)17-12-7-3-2-6-11(12)16)22-14-9-5-4-8-13(14)18(20)21/h2-10H,1H3,(H,17,19). The molecule has 1 amide bonds. The van der Waals surface area contributed by atoms with Crippen LogP contribution in [0.5, 0.6) is 5.75 Å². The highest BCUT2D eigenvalue weighted by Crippen LogP contribution is 2.27. The van der Waals surface area contributed by atoms with Crippen LogP contribution in [-0.4, -0.2) is 16.9 Å². The molecule has 0 radical (unpaired) electrons. The molecular weight excluding hydrogens is 352 g/mol. The molecule has 0 aliphatic carbocycles. The number of rotatable bonds is 5. The molecule has 2 aromatic rings. The number of nitro groups is 1. The van der Waals surface area contributed by atoms with Crippen LogP contribution in [0.2, 0.25) is 0 Å². The Hall–Kier alpha value is -2.41. The molecule has 2 aromatic carbocycles. The molecule has 0 spiro atoms. The van der Waals surface area contributed by atoms with Crippen LogP contribution in [0.1, 0.15) is 6.92 Å². The molecule has 1 unspecified atom stereocenters. The second-order valence-electron chi connectivity index (χ2n) is 4.45. The SMILES string of the molecule is CC(Oc1ccccc1[N+](=O)[O-])C(=O)Nc1ccccc1Br. The van der Waals surface area contributed by atoms with Crippen molar-refractivity contribution in [1.82, 2.24) is 0 Å². The van der Waals surface area contributed by atoms with Gasteiger partial charge < -0.3 is 10.1 Å². The third-order valence-corrected chi connectivity index (χ3v) is 3.56. The van der Waals surface area contributed by atoms with Gasteiger partial charge in [0.2, 0.25) is 0 Å². The highest BCUT2D eigenvalue weighted by atomic mass is 79.9. The number of benzene rings is 2. The average Bonchev–Trinajstić information content (AvgIpc) is 2.49. The lowest BCUT2D eigenvalue weighted by molar-refractivity contribution is -0.386. The van der Waals surface area contributed by atoms with Gasteiger partial charge in [-0.05, 0) is 41.1 Å². The topological polar surface area (TPSA) is 81.5 Å². The minimum Gasteiger partial charge on any atom is -0.474 e. The number of carbonyl (C=O) groups is 1. The van der Waals surface area contributed by atoms with Gasteiger partial charge in [0.25, 0.3) is 5.91 Å². The Kier molecular flexibility index (Phi) is 5.11. The van der Waals surface area contributed by atoms with Crippen molar-refractivity contribution in [3.05, 3.63) is 63.1 Å². The molecule has 0 saturated carbocycles. The predicted molar refractivity (Wildman–Crippen MR) is 86.0 cm³/mol. The zero-order chi connectivity index (χ0) is 16.1. The summed E-state index contributed by atoms with van der Waals surface area (Å²) in [4.78, 5) is 22.5. The molecule has 0 saturated heterocycles. The van der Waals surface area contributed by atoms with Crippen LogP contribution < -0.4 is 10.1 Å². The van der Waals surface area contributed by atoms with Gasteiger partial charge in [-0.2, -0.15) is 0 Å². The Morgan fingerprint density at radius 1 is 1.23 bits per heavy atom. The van der Waals surface area contributed by atoms with Gasteiger partial charge in [-0.25, -0.2) is 0 Å². The zero-order valence-corrected chi connectivity index (χ0v) is 13.2. The van der Waals surface area contributed by atoms with Crippen LogP contribution in [0.15, 0.2) is 53.0 Å². The van der Waals surface area contributed by atoms with Gasteiger partial charge in [-0.1, -0.05) is 24.3 Å². The van der Waals surface area contributed by atoms with Crippen LogP contribution >= 0.6 is 15.9 Å². The monoisotopic (exact) mass is 364 g/mol. The number of anilines is 1. The van der Waals surface area contributed by atoms with Gasteiger partial charge in [0, 0.05) is 10.5 Å². The number of amides is 1. The van der Waals surface area contributed by atoms with E-state index in [0.29, 0.717) is 5.69 Å². The minimum atomic E-state index is -0.881. The van der Waals surface area contributed by atoms with E-state index in [2.05, 4.69) is 21.2 Å². The number of hydrogen-bond acceptors (Lipinski definition) is 4. The molecule has 0 bridgehead atoms. The van der Waals surface area contributed by atoms with Gasteiger partial charge in [0.05, 0.1) is 10.6 Å². The van der Waals surface area contributed by atoms with Crippen molar-refractivity contribution in [3.63, 3.8) is 0 Å². The molecule has 22 heavy (non-hydrogen) atoms. The third-order valence-electron chi connectivity index (χ3n) is 2.87. The fourth-order valence-corrected chi connectivity index (χ4v) is 2.13. The lowest BCUT2D eigenvalue weighted by Gasteiger charge is -2.15. The highest BCUT2D eigenvalue weighted by Gasteiger charge is 2.21. The Morgan fingerprint density at radius 2 is 1.86 bits per heavy atom. The molecule has 6 nitrogen and oxygen atoms in total. The molecular formula is C15H13BrN2O4.